The van der Waals surface area contributed by atoms with Crippen molar-refractivity contribution >= 4 is 29.4 Å². The first-order valence-electron chi connectivity index (χ1n) is 7.63. The number of nitrogens with zero attached hydrogens (tertiary/aromatic N) is 3. The molecule has 0 aromatic heterocycles. The predicted molar refractivity (Wildman–Crippen MR) is 94.6 cm³/mol. The SMILES string of the molecule is CC1=NN(c2ccccc2)C(=O)[C@@H]1/C=N\NC(=O)c1ccc(O)cc1. The molecule has 2 aromatic carbocycles. The van der Waals surface area contributed by atoms with Crippen LogP contribution in [0.1, 0.15) is 17.3 Å². The highest BCUT2D eigenvalue weighted by molar-refractivity contribution is 6.23. The lowest BCUT2D eigenvalue weighted by atomic mass is 10.1. The number of rotatable bonds is 4. The number of phenolic OH excluding ortho intramolecular Hbond substituents is 1. The number of hydrogen-bond donors (Lipinski definition) is 2. The van der Waals surface area contributed by atoms with Crippen LogP contribution in [0, 0.1) is 5.92 Å². The molecule has 0 saturated carbocycles. The van der Waals surface area contributed by atoms with E-state index in [1.165, 1.54) is 35.5 Å². The van der Waals surface area contributed by atoms with Crippen LogP contribution in [0.5, 0.6) is 5.75 Å². The maximum Gasteiger partial charge on any atom is 0.271 e. The summed E-state index contributed by atoms with van der Waals surface area (Å²) in [5.74, 6) is -1.22. The summed E-state index contributed by atoms with van der Waals surface area (Å²) >= 11 is 0. The third-order valence-corrected chi connectivity index (χ3v) is 3.70. The Balaban J connectivity index is 1.66. The maximum atomic E-state index is 12.5. The van der Waals surface area contributed by atoms with Gasteiger partial charge >= 0.3 is 0 Å². The lowest BCUT2D eigenvalue weighted by molar-refractivity contribution is -0.118. The zero-order valence-electron chi connectivity index (χ0n) is 13.5. The molecular weight excluding hydrogens is 320 g/mol. The van der Waals surface area contributed by atoms with E-state index < -0.39 is 11.8 Å². The van der Waals surface area contributed by atoms with Crippen molar-refractivity contribution in [3.05, 3.63) is 60.2 Å². The summed E-state index contributed by atoms with van der Waals surface area (Å²) < 4.78 is 0. The molecule has 1 heterocycles. The summed E-state index contributed by atoms with van der Waals surface area (Å²) in [4.78, 5) is 24.4. The molecule has 7 nitrogen and oxygen atoms in total. The van der Waals surface area contributed by atoms with Gasteiger partial charge in [0.25, 0.3) is 11.8 Å². The van der Waals surface area contributed by atoms with Crippen molar-refractivity contribution in [1.29, 1.82) is 0 Å². The minimum atomic E-state index is -0.625. The third kappa shape index (κ3) is 3.55. The zero-order chi connectivity index (χ0) is 17.8. The third-order valence-electron chi connectivity index (χ3n) is 3.70. The molecule has 126 valence electrons. The summed E-state index contributed by atoms with van der Waals surface area (Å²) in [6.07, 6.45) is 1.36. The van der Waals surface area contributed by atoms with Crippen molar-refractivity contribution in [3.63, 3.8) is 0 Å². The van der Waals surface area contributed by atoms with Gasteiger partial charge in [0.2, 0.25) is 0 Å². The number of anilines is 1. The number of hydrogen-bond acceptors (Lipinski definition) is 5. The summed E-state index contributed by atoms with van der Waals surface area (Å²) in [7, 11) is 0. The van der Waals surface area contributed by atoms with Gasteiger partial charge in [0, 0.05) is 11.8 Å². The monoisotopic (exact) mass is 336 g/mol. The van der Waals surface area contributed by atoms with Crippen LogP contribution in [0.2, 0.25) is 0 Å². The van der Waals surface area contributed by atoms with Crippen molar-refractivity contribution in [2.24, 2.45) is 16.1 Å². The number of para-hydroxylation sites is 1. The molecule has 1 aliphatic heterocycles. The molecule has 3 rings (SSSR count). The van der Waals surface area contributed by atoms with Crippen LogP contribution in [0.4, 0.5) is 5.69 Å². The smallest absolute Gasteiger partial charge is 0.271 e. The van der Waals surface area contributed by atoms with Gasteiger partial charge in [-0.2, -0.15) is 15.2 Å². The molecule has 2 N–H and O–H groups in total. The molecule has 0 unspecified atom stereocenters. The molecule has 1 atom stereocenters. The number of hydrazone groups is 2. The van der Waals surface area contributed by atoms with Crippen LogP contribution >= 0.6 is 0 Å². The average molecular weight is 336 g/mol. The lowest BCUT2D eigenvalue weighted by Crippen LogP contribution is -2.29. The Morgan fingerprint density at radius 1 is 1.20 bits per heavy atom. The minimum Gasteiger partial charge on any atom is -0.508 e. The van der Waals surface area contributed by atoms with E-state index in [9.17, 15) is 14.7 Å². The van der Waals surface area contributed by atoms with Crippen LogP contribution in [0.15, 0.2) is 64.8 Å². The Hall–Kier alpha value is -3.48. The molecule has 0 saturated heterocycles. The van der Waals surface area contributed by atoms with Crippen molar-refractivity contribution < 1.29 is 14.7 Å². The Morgan fingerprint density at radius 3 is 2.56 bits per heavy atom. The van der Waals surface area contributed by atoms with Crippen LogP contribution in [-0.2, 0) is 4.79 Å². The van der Waals surface area contributed by atoms with Crippen LogP contribution in [0.25, 0.3) is 0 Å². The summed E-state index contributed by atoms with van der Waals surface area (Å²) in [5.41, 5.74) is 3.99. The number of amides is 2. The number of aromatic hydroxyl groups is 1. The minimum absolute atomic E-state index is 0.0736. The average Bonchev–Trinajstić information content (AvgIpc) is 2.91. The Morgan fingerprint density at radius 2 is 1.88 bits per heavy atom. The summed E-state index contributed by atoms with van der Waals surface area (Å²) in [6, 6.07) is 14.9. The number of phenols is 1. The molecule has 0 spiro atoms. The van der Waals surface area contributed by atoms with Gasteiger partial charge in [0.15, 0.2) is 0 Å². The van der Waals surface area contributed by atoms with E-state index in [4.69, 9.17) is 0 Å². The molecule has 7 heteroatoms. The number of nitrogens with one attached hydrogen (secondary N) is 1. The molecule has 0 bridgehead atoms. The normalized spacial score (nSPS) is 17.0. The first-order chi connectivity index (χ1) is 12.1. The van der Waals surface area contributed by atoms with Gasteiger partial charge < -0.3 is 5.11 Å². The van der Waals surface area contributed by atoms with Crippen molar-refractivity contribution in [2.75, 3.05) is 5.01 Å². The summed E-state index contributed by atoms with van der Waals surface area (Å²) in [5, 5.41) is 18.7. The van der Waals surface area contributed by atoms with Gasteiger partial charge in [0.1, 0.15) is 11.7 Å². The van der Waals surface area contributed by atoms with E-state index >= 15 is 0 Å². The predicted octanol–water partition coefficient (Wildman–Crippen LogP) is 2.15. The van der Waals surface area contributed by atoms with Gasteiger partial charge in [-0.3, -0.25) is 9.59 Å². The standard InChI is InChI=1S/C18H16N4O3/c1-12-16(18(25)22(21-12)14-5-3-2-4-6-14)11-19-20-17(24)13-7-9-15(23)10-8-13/h2-11,16,23H,1H3,(H,20,24)/b19-11-/t16-/m1/s1. The highest BCUT2D eigenvalue weighted by Gasteiger charge is 2.33. The second kappa shape index (κ2) is 6.96. The number of carbonyl (C=O) groups excluding carboxylic acids is 2. The van der Waals surface area contributed by atoms with Crippen LogP contribution < -0.4 is 10.4 Å². The molecule has 25 heavy (non-hydrogen) atoms. The molecular formula is C18H16N4O3. The van der Waals surface area contributed by atoms with Gasteiger partial charge in [-0.05, 0) is 43.3 Å². The van der Waals surface area contributed by atoms with Crippen molar-refractivity contribution in [3.8, 4) is 5.75 Å². The number of carbonyl (C=O) groups is 2. The van der Waals surface area contributed by atoms with Crippen molar-refractivity contribution in [1.82, 2.24) is 5.43 Å². The van der Waals surface area contributed by atoms with E-state index in [1.54, 1.807) is 19.1 Å². The van der Waals surface area contributed by atoms with E-state index in [-0.39, 0.29) is 11.7 Å². The zero-order valence-corrected chi connectivity index (χ0v) is 13.5. The molecule has 2 aromatic rings. The molecule has 1 aliphatic rings. The second-order valence-corrected chi connectivity index (χ2v) is 5.47. The molecule has 0 aliphatic carbocycles. The van der Waals surface area contributed by atoms with Crippen molar-refractivity contribution in [2.45, 2.75) is 6.92 Å². The van der Waals surface area contributed by atoms with E-state index in [0.29, 0.717) is 17.0 Å². The maximum absolute atomic E-state index is 12.5. The fourth-order valence-electron chi connectivity index (χ4n) is 2.35. The molecule has 0 fully saturated rings. The summed E-state index contributed by atoms with van der Waals surface area (Å²) in [6.45, 7) is 1.74. The second-order valence-electron chi connectivity index (χ2n) is 5.47. The van der Waals surface area contributed by atoms with E-state index in [2.05, 4.69) is 15.6 Å². The first-order valence-corrected chi connectivity index (χ1v) is 7.63. The highest BCUT2D eigenvalue weighted by Crippen LogP contribution is 2.22. The largest absolute Gasteiger partial charge is 0.508 e. The highest BCUT2D eigenvalue weighted by atomic mass is 16.3. The molecule has 2 amide bonds. The Kier molecular flexibility index (Phi) is 4.56. The Labute approximate surface area is 144 Å². The first kappa shape index (κ1) is 16.4. The van der Waals surface area contributed by atoms with Gasteiger partial charge in [-0.25, -0.2) is 5.43 Å². The van der Waals surface area contributed by atoms with Gasteiger partial charge in [-0.15, -0.1) is 0 Å². The van der Waals surface area contributed by atoms with E-state index in [0.717, 1.165) is 0 Å². The fourth-order valence-corrected chi connectivity index (χ4v) is 2.35. The fraction of sp³-hybridized carbons (Fsp3) is 0.111. The topological polar surface area (TPSA) is 94.4 Å². The number of benzene rings is 2. The van der Waals surface area contributed by atoms with Crippen LogP contribution in [-0.4, -0.2) is 28.8 Å². The Bertz CT molecular complexity index is 844. The molecule has 0 radical (unpaired) electrons. The lowest BCUT2D eigenvalue weighted by Gasteiger charge is -2.12. The van der Waals surface area contributed by atoms with Crippen LogP contribution in [0.3, 0.4) is 0 Å². The quantitative estimate of drug-likeness (QED) is 0.661. The van der Waals surface area contributed by atoms with Gasteiger partial charge in [0.05, 0.1) is 11.4 Å². The van der Waals surface area contributed by atoms with Gasteiger partial charge in [-0.1, -0.05) is 18.2 Å². The van der Waals surface area contributed by atoms with E-state index in [1.807, 2.05) is 18.2 Å².